The van der Waals surface area contributed by atoms with E-state index in [1.54, 1.807) is 0 Å². The molecular formula is C25H31FO5. The van der Waals surface area contributed by atoms with Gasteiger partial charge in [-0.25, -0.2) is 4.39 Å². The maximum absolute atomic E-state index is 15.5. The van der Waals surface area contributed by atoms with Crippen LogP contribution < -0.4 is 0 Å². The second kappa shape index (κ2) is 6.37. The van der Waals surface area contributed by atoms with E-state index < -0.39 is 28.2 Å². The summed E-state index contributed by atoms with van der Waals surface area (Å²) in [5.74, 6) is -0.740. The molecule has 5 aliphatic rings. The molecular weight excluding hydrogens is 399 g/mol. The number of hydrogen-bond donors (Lipinski definition) is 0. The third-order valence-electron chi connectivity index (χ3n) is 9.35. The zero-order chi connectivity index (χ0) is 22.4. The second-order valence-corrected chi connectivity index (χ2v) is 10.6. The average molecular weight is 431 g/mol. The standard InChI is InChI=1S/C25H31FO5/c1-5-6-21(29)31-24(14(2)27)10-8-16-17-12-19(26)18-11-15(28)7-9-22(18,3)25(17)20(30-25)13-23(16,24)4/h7,9,11,16-17,19-20H,5-6,8,10,12-13H2,1-4H3/t16-,17-,19-,20-,22-,23-,24-,25+/m0/s1. The fraction of sp³-hybridized carbons (Fsp3) is 0.720. The Bertz CT molecular complexity index is 938. The second-order valence-electron chi connectivity index (χ2n) is 10.6. The molecule has 5 rings (SSSR count). The zero-order valence-electron chi connectivity index (χ0n) is 18.7. The molecule has 8 atom stereocenters. The molecule has 31 heavy (non-hydrogen) atoms. The quantitative estimate of drug-likeness (QED) is 0.497. The molecule has 0 radical (unpaired) electrons. The van der Waals surface area contributed by atoms with Gasteiger partial charge in [0, 0.05) is 17.3 Å². The van der Waals surface area contributed by atoms with Crippen LogP contribution in [0.2, 0.25) is 0 Å². The molecule has 0 aromatic rings. The van der Waals surface area contributed by atoms with Crippen LogP contribution in [0.5, 0.6) is 0 Å². The first kappa shape index (κ1) is 21.0. The number of ether oxygens (including phenoxy) is 2. The van der Waals surface area contributed by atoms with Crippen LogP contribution in [0.15, 0.2) is 23.8 Å². The van der Waals surface area contributed by atoms with E-state index in [0.29, 0.717) is 31.3 Å². The van der Waals surface area contributed by atoms with Gasteiger partial charge in [-0.05, 0) is 75.5 Å². The van der Waals surface area contributed by atoms with E-state index >= 15 is 4.39 Å². The first-order valence-electron chi connectivity index (χ1n) is 11.6. The lowest BCUT2D eigenvalue weighted by Crippen LogP contribution is -2.63. The molecule has 1 heterocycles. The zero-order valence-corrected chi connectivity index (χ0v) is 18.7. The molecule has 5 nitrogen and oxygen atoms in total. The minimum absolute atomic E-state index is 0.00669. The van der Waals surface area contributed by atoms with Gasteiger partial charge in [-0.3, -0.25) is 14.4 Å². The van der Waals surface area contributed by atoms with Gasteiger partial charge in [-0.2, -0.15) is 0 Å². The molecule has 0 aromatic carbocycles. The van der Waals surface area contributed by atoms with Crippen molar-refractivity contribution in [2.75, 3.05) is 0 Å². The highest BCUT2D eigenvalue weighted by molar-refractivity contribution is 6.01. The molecule has 4 aliphatic carbocycles. The molecule has 4 fully saturated rings. The summed E-state index contributed by atoms with van der Waals surface area (Å²) in [6.45, 7) is 7.44. The highest BCUT2D eigenvalue weighted by Gasteiger charge is 2.82. The van der Waals surface area contributed by atoms with Crippen molar-refractivity contribution in [3.63, 3.8) is 0 Å². The lowest BCUT2D eigenvalue weighted by Gasteiger charge is -2.56. The molecule has 0 unspecified atom stereocenters. The summed E-state index contributed by atoms with van der Waals surface area (Å²) in [6, 6.07) is 0. The van der Waals surface area contributed by atoms with Gasteiger partial charge < -0.3 is 9.47 Å². The number of hydrogen-bond acceptors (Lipinski definition) is 5. The van der Waals surface area contributed by atoms with E-state index in [2.05, 4.69) is 0 Å². The minimum Gasteiger partial charge on any atom is -0.450 e. The Balaban J connectivity index is 1.56. The summed E-state index contributed by atoms with van der Waals surface area (Å²) in [4.78, 5) is 37.5. The van der Waals surface area contributed by atoms with Gasteiger partial charge >= 0.3 is 5.97 Å². The van der Waals surface area contributed by atoms with Gasteiger partial charge in [-0.15, -0.1) is 0 Å². The number of ketones is 2. The summed E-state index contributed by atoms with van der Waals surface area (Å²) in [6.07, 6.45) is 6.41. The first-order chi connectivity index (χ1) is 14.6. The van der Waals surface area contributed by atoms with Gasteiger partial charge in [0.15, 0.2) is 17.2 Å². The van der Waals surface area contributed by atoms with Crippen molar-refractivity contribution in [3.05, 3.63) is 23.8 Å². The van der Waals surface area contributed by atoms with Crippen molar-refractivity contribution in [3.8, 4) is 0 Å². The van der Waals surface area contributed by atoms with Crippen LogP contribution in [0.1, 0.15) is 66.2 Å². The number of fused-ring (bicyclic) bond motifs is 3. The molecule has 0 bridgehead atoms. The molecule has 1 spiro atoms. The molecule has 0 amide bonds. The van der Waals surface area contributed by atoms with Crippen LogP contribution in [0.3, 0.4) is 0 Å². The van der Waals surface area contributed by atoms with E-state index in [1.165, 1.54) is 19.1 Å². The van der Waals surface area contributed by atoms with E-state index in [1.807, 2.05) is 26.8 Å². The Labute approximate surface area is 182 Å². The van der Waals surface area contributed by atoms with E-state index in [4.69, 9.17) is 9.47 Å². The summed E-state index contributed by atoms with van der Waals surface area (Å²) in [5, 5.41) is 0. The predicted octanol–water partition coefficient (Wildman–Crippen LogP) is 4.04. The number of Topliss-reactive ketones (excluding diaryl/α,β-unsaturated/α-hetero) is 1. The molecule has 168 valence electrons. The van der Waals surface area contributed by atoms with Crippen LogP contribution >= 0.6 is 0 Å². The van der Waals surface area contributed by atoms with Crippen LogP contribution in [0.25, 0.3) is 0 Å². The van der Waals surface area contributed by atoms with Gasteiger partial charge in [-0.1, -0.05) is 19.9 Å². The summed E-state index contributed by atoms with van der Waals surface area (Å²) < 4.78 is 27.9. The summed E-state index contributed by atoms with van der Waals surface area (Å²) in [7, 11) is 0. The van der Waals surface area contributed by atoms with Gasteiger partial charge in [0.2, 0.25) is 0 Å². The highest BCUT2D eigenvalue weighted by Crippen LogP contribution is 2.76. The SMILES string of the molecule is CCCC(=O)O[C@]1(C(C)=O)CC[C@H]2[C@@H]3C[C@H](F)C4=CC(=O)C=C[C@]4(C)[C@@]34O[C@H]4C[C@@]21C. The maximum Gasteiger partial charge on any atom is 0.306 e. The molecule has 1 aliphatic heterocycles. The molecule has 1 saturated heterocycles. The Morgan fingerprint density at radius 2 is 2.03 bits per heavy atom. The first-order valence-corrected chi connectivity index (χ1v) is 11.6. The Kier molecular flexibility index (Phi) is 4.32. The third-order valence-corrected chi connectivity index (χ3v) is 9.35. The summed E-state index contributed by atoms with van der Waals surface area (Å²) in [5.41, 5.74) is -2.47. The average Bonchev–Trinajstić information content (AvgIpc) is 3.34. The predicted molar refractivity (Wildman–Crippen MR) is 111 cm³/mol. The van der Waals surface area contributed by atoms with Crippen molar-refractivity contribution in [1.29, 1.82) is 0 Å². The number of carbonyl (C=O) groups excluding carboxylic acids is 3. The van der Waals surface area contributed by atoms with E-state index in [0.717, 1.165) is 0 Å². The number of carbonyl (C=O) groups is 3. The Morgan fingerprint density at radius 3 is 2.71 bits per heavy atom. The molecule has 3 saturated carbocycles. The molecule has 0 N–H and O–H groups in total. The van der Waals surface area contributed by atoms with Gasteiger partial charge in [0.25, 0.3) is 0 Å². The maximum atomic E-state index is 15.5. The monoisotopic (exact) mass is 430 g/mol. The lowest BCUT2D eigenvalue weighted by molar-refractivity contribution is -0.186. The van der Waals surface area contributed by atoms with Crippen molar-refractivity contribution >= 4 is 17.5 Å². The minimum atomic E-state index is -1.23. The van der Waals surface area contributed by atoms with Gasteiger partial charge in [0.05, 0.1) is 6.10 Å². The van der Waals surface area contributed by atoms with Crippen molar-refractivity contribution in [1.82, 2.24) is 0 Å². The number of allylic oxidation sites excluding steroid dienone is 2. The summed E-state index contributed by atoms with van der Waals surface area (Å²) >= 11 is 0. The largest absolute Gasteiger partial charge is 0.450 e. The highest BCUT2D eigenvalue weighted by atomic mass is 19.1. The van der Waals surface area contributed by atoms with Crippen LogP contribution in [0.4, 0.5) is 4.39 Å². The van der Waals surface area contributed by atoms with Crippen LogP contribution in [0, 0.1) is 22.7 Å². The van der Waals surface area contributed by atoms with Crippen molar-refractivity contribution in [2.45, 2.75) is 89.7 Å². The smallest absolute Gasteiger partial charge is 0.306 e. The molecule has 6 heteroatoms. The van der Waals surface area contributed by atoms with E-state index in [-0.39, 0.29) is 48.3 Å². The number of esters is 1. The van der Waals surface area contributed by atoms with Gasteiger partial charge in [0.1, 0.15) is 11.8 Å². The fourth-order valence-corrected chi connectivity index (χ4v) is 7.89. The van der Waals surface area contributed by atoms with Crippen LogP contribution in [-0.4, -0.2) is 41.0 Å². The normalized spacial score (nSPS) is 49.3. The number of epoxide rings is 1. The van der Waals surface area contributed by atoms with Crippen molar-refractivity contribution in [2.24, 2.45) is 22.7 Å². The number of alkyl halides is 1. The van der Waals surface area contributed by atoms with Crippen LogP contribution in [-0.2, 0) is 23.9 Å². The molecule has 0 aromatic heterocycles. The number of halogens is 1. The third kappa shape index (κ3) is 2.37. The fourth-order valence-electron chi connectivity index (χ4n) is 7.89. The van der Waals surface area contributed by atoms with E-state index in [9.17, 15) is 14.4 Å². The Morgan fingerprint density at radius 1 is 1.29 bits per heavy atom. The lowest BCUT2D eigenvalue weighted by atomic mass is 9.46. The van der Waals surface area contributed by atoms with Crippen molar-refractivity contribution < 1.29 is 28.2 Å². The Hall–Kier alpha value is -1.82. The number of rotatable bonds is 4. The topological polar surface area (TPSA) is 73.0 Å².